The molecular formula is C48H81N17O14. The smallest absolute Gasteiger partial charge is 0.325 e. The molecule has 0 saturated heterocycles. The monoisotopic (exact) mass is 1120 g/mol. The molecule has 31 heteroatoms. The summed E-state index contributed by atoms with van der Waals surface area (Å²) in [7, 11) is 0. The molecule has 10 atom stereocenters. The first-order valence-corrected chi connectivity index (χ1v) is 25.6. The van der Waals surface area contributed by atoms with Crippen molar-refractivity contribution in [3.05, 3.63) is 29.8 Å². The van der Waals surface area contributed by atoms with Gasteiger partial charge in [0, 0.05) is 6.54 Å². The molecule has 79 heavy (non-hydrogen) atoms. The molecule has 0 fully saturated rings. The number of unbranched alkanes of at least 4 members (excludes halogenated alkanes) is 2. The minimum atomic E-state index is -1.91. The van der Waals surface area contributed by atoms with Crippen LogP contribution in [0.15, 0.2) is 29.3 Å². The lowest BCUT2D eigenvalue weighted by molar-refractivity contribution is -0.142. The highest BCUT2D eigenvalue weighted by Gasteiger charge is 2.37. The molecule has 0 radical (unpaired) electrons. The fraction of sp³-hybridized carbons (Fsp3) is 0.604. The molecule has 0 heterocycles. The van der Waals surface area contributed by atoms with Crippen LogP contribution in [0, 0.1) is 5.92 Å². The number of phenols is 1. The van der Waals surface area contributed by atoms with Gasteiger partial charge in [0.15, 0.2) is 5.96 Å². The number of nitrogens with two attached hydrogens (primary N) is 8. The van der Waals surface area contributed by atoms with Crippen molar-refractivity contribution in [2.24, 2.45) is 56.8 Å². The summed E-state index contributed by atoms with van der Waals surface area (Å²) in [5.41, 5.74) is 45.4. The first-order valence-electron chi connectivity index (χ1n) is 25.6. The van der Waals surface area contributed by atoms with Crippen LogP contribution in [0.3, 0.4) is 0 Å². The van der Waals surface area contributed by atoms with E-state index in [1.165, 1.54) is 19.1 Å². The van der Waals surface area contributed by atoms with E-state index in [0.717, 1.165) is 0 Å². The number of benzene rings is 1. The quantitative estimate of drug-likeness (QED) is 0.0165. The summed E-state index contributed by atoms with van der Waals surface area (Å²) >= 11 is 0. The van der Waals surface area contributed by atoms with Crippen LogP contribution in [0.4, 0.5) is 0 Å². The SMILES string of the molecule is CCC(C)C(NC(=O)C(CC(N)=O)NC(=O)C(CC(N)=O)NC(=O)C(CCCCN)NC(=O)C(CC(N)=O)NC(=O)C(CCCN=C(N)N)NC(=O)C(CCCCN)NC(=O)C(N)Cc1ccc(O)cc1)C(=O)NC(C)C(=O)O. The predicted octanol–water partition coefficient (Wildman–Crippen LogP) is -6.77. The molecular weight excluding hydrogens is 1040 g/mol. The van der Waals surface area contributed by atoms with Crippen molar-refractivity contribution in [1.29, 1.82) is 0 Å². The second-order valence-electron chi connectivity index (χ2n) is 18.8. The Morgan fingerprint density at radius 1 is 0.506 bits per heavy atom. The number of nitrogens with zero attached hydrogens (tertiary/aromatic N) is 1. The van der Waals surface area contributed by atoms with Gasteiger partial charge in [0.1, 0.15) is 54.1 Å². The molecule has 1 rings (SSSR count). The standard InChI is InChI=1S/C48H81N17O14/c1-4-24(2)38(46(77)58-25(3)47(78)79)65-45(76)34(23-37(54)69)64-44(75)33(22-36(53)68)63-41(72)30(11-6-8-18-50)61-43(74)32(21-35(52)67)62-42(73)31(12-9-19-57-48(55)56)60-40(71)29(10-5-7-17-49)59-39(70)28(51)20-26-13-15-27(66)16-14-26/h13-16,24-25,28-34,38,66H,4-12,17-23,49-51H2,1-3H3,(H2,52,67)(H2,53,68)(H2,54,69)(H,58,77)(H,59,70)(H,60,71)(H,61,74)(H,62,73)(H,63,72)(H,64,75)(H,65,76)(H,78,79)(H4,55,56,57). The minimum Gasteiger partial charge on any atom is -0.508 e. The highest BCUT2D eigenvalue weighted by molar-refractivity contribution is 6.00. The van der Waals surface area contributed by atoms with E-state index in [4.69, 9.17) is 45.9 Å². The van der Waals surface area contributed by atoms with Crippen LogP contribution in [0.2, 0.25) is 0 Å². The Hall–Kier alpha value is -8.19. The maximum Gasteiger partial charge on any atom is 0.325 e. The fourth-order valence-electron chi connectivity index (χ4n) is 7.47. The summed E-state index contributed by atoms with van der Waals surface area (Å²) in [6.07, 6.45) is -1.37. The number of hydrogen-bond acceptors (Lipinski definition) is 17. The summed E-state index contributed by atoms with van der Waals surface area (Å²) in [5, 5.41) is 38.0. The Morgan fingerprint density at radius 2 is 0.873 bits per heavy atom. The van der Waals surface area contributed by atoms with Crippen molar-refractivity contribution in [2.45, 2.75) is 159 Å². The second-order valence-corrected chi connectivity index (χ2v) is 18.8. The zero-order chi connectivity index (χ0) is 59.9. The number of rotatable bonds is 39. The molecule has 1 aromatic rings. The van der Waals surface area contributed by atoms with E-state index in [2.05, 4.69) is 47.5 Å². The van der Waals surface area contributed by atoms with Crippen molar-refractivity contribution in [2.75, 3.05) is 19.6 Å². The number of carbonyl (C=O) groups excluding carboxylic acids is 11. The van der Waals surface area contributed by atoms with Crippen LogP contribution in [-0.4, -0.2) is 161 Å². The fourth-order valence-corrected chi connectivity index (χ4v) is 7.47. The van der Waals surface area contributed by atoms with Gasteiger partial charge in [0.2, 0.25) is 65.0 Å². The molecule has 0 aliphatic heterocycles. The van der Waals surface area contributed by atoms with Crippen molar-refractivity contribution in [3.63, 3.8) is 0 Å². The van der Waals surface area contributed by atoms with Gasteiger partial charge in [-0.2, -0.15) is 0 Å². The highest BCUT2D eigenvalue weighted by atomic mass is 16.4. The van der Waals surface area contributed by atoms with Crippen LogP contribution in [0.25, 0.3) is 0 Å². The number of primary amides is 3. The Bertz CT molecular complexity index is 2280. The van der Waals surface area contributed by atoms with Gasteiger partial charge in [-0.3, -0.25) is 62.5 Å². The maximum absolute atomic E-state index is 14.1. The van der Waals surface area contributed by atoms with E-state index in [9.17, 15) is 67.7 Å². The van der Waals surface area contributed by atoms with E-state index in [1.807, 2.05) is 0 Å². The Morgan fingerprint density at radius 3 is 1.24 bits per heavy atom. The van der Waals surface area contributed by atoms with Gasteiger partial charge in [-0.1, -0.05) is 32.4 Å². The zero-order valence-corrected chi connectivity index (χ0v) is 44.8. The largest absolute Gasteiger partial charge is 0.508 e. The number of guanidine groups is 1. The van der Waals surface area contributed by atoms with Gasteiger partial charge in [0.05, 0.1) is 25.3 Å². The zero-order valence-electron chi connectivity index (χ0n) is 44.8. The van der Waals surface area contributed by atoms with E-state index < -0.39 is 151 Å². The van der Waals surface area contributed by atoms with Gasteiger partial charge < -0.3 is 98.6 Å². The van der Waals surface area contributed by atoms with Gasteiger partial charge in [-0.05, 0) is 101 Å². The van der Waals surface area contributed by atoms with E-state index in [0.29, 0.717) is 31.2 Å². The number of aliphatic imine (C=N–C) groups is 1. The summed E-state index contributed by atoms with van der Waals surface area (Å²) in [4.78, 5) is 162. The molecule has 10 unspecified atom stereocenters. The molecule has 0 aliphatic carbocycles. The molecule has 0 saturated carbocycles. The van der Waals surface area contributed by atoms with Crippen LogP contribution in [-0.2, 0) is 64.0 Å². The van der Waals surface area contributed by atoms with Crippen molar-refractivity contribution < 1.29 is 67.7 Å². The van der Waals surface area contributed by atoms with Gasteiger partial charge in [0.25, 0.3) is 0 Å². The van der Waals surface area contributed by atoms with Crippen molar-refractivity contribution >= 4 is 76.9 Å². The van der Waals surface area contributed by atoms with Gasteiger partial charge >= 0.3 is 5.97 Å². The summed E-state index contributed by atoms with van der Waals surface area (Å²) < 4.78 is 0. The molecule has 11 amide bonds. The Balaban J connectivity index is 3.56. The molecule has 442 valence electrons. The topological polar surface area (TPSA) is 562 Å². The van der Waals surface area contributed by atoms with Gasteiger partial charge in [-0.25, -0.2) is 0 Å². The average Bonchev–Trinajstić information content (AvgIpc) is 3.37. The van der Waals surface area contributed by atoms with Crippen molar-refractivity contribution in [1.82, 2.24) is 42.5 Å². The number of carbonyl (C=O) groups is 12. The number of aliphatic carboxylic acids is 1. The second kappa shape index (κ2) is 36.0. The Labute approximate surface area is 456 Å². The van der Waals surface area contributed by atoms with Crippen molar-refractivity contribution in [3.8, 4) is 5.75 Å². The molecule has 31 nitrogen and oxygen atoms in total. The summed E-state index contributed by atoms with van der Waals surface area (Å²) in [5.74, 6) is -13.9. The third-order valence-electron chi connectivity index (χ3n) is 12.1. The molecule has 1 aromatic carbocycles. The molecule has 0 bridgehead atoms. The predicted molar refractivity (Wildman–Crippen MR) is 285 cm³/mol. The van der Waals surface area contributed by atoms with E-state index >= 15 is 0 Å². The molecule has 0 aliphatic rings. The molecule has 0 spiro atoms. The lowest BCUT2D eigenvalue weighted by Gasteiger charge is -2.28. The maximum atomic E-state index is 14.1. The lowest BCUT2D eigenvalue weighted by atomic mass is 9.97. The lowest BCUT2D eigenvalue weighted by Crippen LogP contribution is -2.61. The third-order valence-corrected chi connectivity index (χ3v) is 12.1. The first-order chi connectivity index (χ1) is 37.1. The molecule has 0 aromatic heterocycles. The van der Waals surface area contributed by atoms with Crippen LogP contribution < -0.4 is 88.4 Å². The van der Waals surface area contributed by atoms with E-state index in [1.54, 1.807) is 26.0 Å². The summed E-state index contributed by atoms with van der Waals surface area (Å²) in [6, 6.07) is -7.91. The Kier molecular flexibility index (Phi) is 31.4. The van der Waals surface area contributed by atoms with Gasteiger partial charge in [-0.15, -0.1) is 0 Å². The summed E-state index contributed by atoms with van der Waals surface area (Å²) in [6.45, 7) is 4.76. The first kappa shape index (κ1) is 68.8. The third kappa shape index (κ3) is 27.1. The minimum absolute atomic E-state index is 0.00436. The number of carboxylic acids is 1. The number of nitrogens with one attached hydrogen (secondary N) is 8. The number of phenolic OH excluding ortho intramolecular Hbond substituents is 1. The number of amides is 11. The number of hydrogen-bond donors (Lipinski definition) is 18. The average molecular weight is 1120 g/mol. The van der Waals surface area contributed by atoms with Crippen LogP contribution in [0.5, 0.6) is 5.75 Å². The number of aromatic hydroxyl groups is 1. The number of carboxylic acid groups (broad SMARTS) is 1. The van der Waals surface area contributed by atoms with Crippen LogP contribution in [0.1, 0.15) is 103 Å². The van der Waals surface area contributed by atoms with Crippen LogP contribution >= 0.6 is 0 Å². The molecule has 26 N–H and O–H groups in total. The normalized spacial score (nSPS) is 14.7. The van der Waals surface area contributed by atoms with E-state index in [-0.39, 0.29) is 69.9 Å². The highest BCUT2D eigenvalue weighted by Crippen LogP contribution is 2.14.